The second kappa shape index (κ2) is 6.72. The first kappa shape index (κ1) is 15.4. The van der Waals surface area contributed by atoms with Gasteiger partial charge in [0.05, 0.1) is 0 Å². The first-order valence-electron chi connectivity index (χ1n) is 6.28. The predicted molar refractivity (Wildman–Crippen MR) is 97.5 cm³/mol. The van der Waals surface area contributed by atoms with Gasteiger partial charge in [0, 0.05) is 31.3 Å². The molecule has 0 aliphatic rings. The number of anilines is 1. The maximum absolute atomic E-state index is 12.2. The number of benzene rings is 2. The first-order chi connectivity index (χ1) is 10.6. The highest BCUT2D eigenvalue weighted by atomic mass is 127. The van der Waals surface area contributed by atoms with Gasteiger partial charge < -0.3 is 0 Å². The Morgan fingerprint density at radius 3 is 2.77 bits per heavy atom. The molecule has 110 valence electrons. The summed E-state index contributed by atoms with van der Waals surface area (Å²) in [5.74, 6) is 0.345. The highest BCUT2D eigenvalue weighted by Crippen LogP contribution is 2.24. The molecule has 1 N–H and O–H groups in total. The summed E-state index contributed by atoms with van der Waals surface area (Å²) in [5.41, 5.74) is 1.41. The molecule has 7 heteroatoms. The second-order valence-corrected chi connectivity index (χ2v) is 6.83. The number of carbonyl (C=O) groups is 1. The van der Waals surface area contributed by atoms with E-state index in [0.717, 1.165) is 20.7 Å². The molecule has 0 spiro atoms. The average molecular weight is 442 g/mol. The molecule has 0 aliphatic carbocycles. The van der Waals surface area contributed by atoms with E-state index in [1.807, 2.05) is 30.3 Å². The Balaban J connectivity index is 1.78. The normalized spacial score (nSPS) is 10.5. The second-order valence-electron chi connectivity index (χ2n) is 4.40. The Morgan fingerprint density at radius 2 is 2.00 bits per heavy atom. The van der Waals surface area contributed by atoms with Gasteiger partial charge in [-0.25, -0.2) is 0 Å². The molecule has 1 aromatic heterocycles. The fourth-order valence-electron chi connectivity index (χ4n) is 1.82. The number of nitrogens with one attached hydrogen (secondary N) is 1. The van der Waals surface area contributed by atoms with Gasteiger partial charge >= 0.3 is 0 Å². The van der Waals surface area contributed by atoms with Crippen LogP contribution in [0.4, 0.5) is 5.13 Å². The number of rotatable bonds is 3. The minimum absolute atomic E-state index is 0.202. The van der Waals surface area contributed by atoms with Crippen LogP contribution < -0.4 is 5.32 Å². The quantitative estimate of drug-likeness (QED) is 0.599. The van der Waals surface area contributed by atoms with E-state index in [-0.39, 0.29) is 5.91 Å². The number of carbonyl (C=O) groups excluding carboxylic acids is 1. The molecule has 0 atom stereocenters. The number of hydrogen-bond acceptors (Lipinski definition) is 4. The number of amides is 1. The van der Waals surface area contributed by atoms with Crippen LogP contribution in [0.5, 0.6) is 0 Å². The van der Waals surface area contributed by atoms with Gasteiger partial charge in [-0.3, -0.25) is 10.1 Å². The summed E-state index contributed by atoms with van der Waals surface area (Å²) >= 11 is 9.26. The summed E-state index contributed by atoms with van der Waals surface area (Å²) in [5, 5.41) is 3.84. The molecule has 0 radical (unpaired) electrons. The van der Waals surface area contributed by atoms with Gasteiger partial charge in [0.25, 0.3) is 5.91 Å². The SMILES string of the molecule is O=C(Nc1nc(-c2cccc(Cl)c2)ns1)c1cccc(I)c1. The van der Waals surface area contributed by atoms with Crippen molar-refractivity contribution < 1.29 is 4.79 Å². The molecule has 1 heterocycles. The Bertz CT molecular complexity index is 837. The molecule has 0 unspecified atom stereocenters. The molecular formula is C15H9ClIN3OS. The molecule has 22 heavy (non-hydrogen) atoms. The standard InChI is InChI=1S/C15H9ClIN3OS/c16-11-5-1-3-9(7-11)13-18-15(22-20-13)19-14(21)10-4-2-6-12(17)8-10/h1-8H,(H,18,19,20,21). The van der Waals surface area contributed by atoms with E-state index in [1.54, 1.807) is 18.2 Å². The lowest BCUT2D eigenvalue weighted by molar-refractivity contribution is 0.102. The Labute approximate surface area is 149 Å². The predicted octanol–water partition coefficient (Wildman–Crippen LogP) is 4.72. The fraction of sp³-hybridized carbons (Fsp3) is 0. The molecule has 0 saturated heterocycles. The highest BCUT2D eigenvalue weighted by molar-refractivity contribution is 14.1. The zero-order chi connectivity index (χ0) is 15.5. The van der Waals surface area contributed by atoms with Crippen molar-refractivity contribution in [2.75, 3.05) is 5.32 Å². The van der Waals surface area contributed by atoms with E-state index in [1.165, 1.54) is 0 Å². The Hall–Kier alpha value is -1.51. The van der Waals surface area contributed by atoms with E-state index in [2.05, 4.69) is 37.3 Å². The first-order valence-corrected chi connectivity index (χ1v) is 8.51. The summed E-state index contributed by atoms with van der Waals surface area (Å²) < 4.78 is 5.25. The van der Waals surface area contributed by atoms with Crippen LogP contribution >= 0.6 is 45.7 Å². The van der Waals surface area contributed by atoms with Crippen molar-refractivity contribution in [3.63, 3.8) is 0 Å². The van der Waals surface area contributed by atoms with Crippen molar-refractivity contribution in [3.05, 3.63) is 62.7 Å². The number of halogens is 2. The van der Waals surface area contributed by atoms with Gasteiger partial charge in [0.15, 0.2) is 5.82 Å². The van der Waals surface area contributed by atoms with Gasteiger partial charge in [-0.2, -0.15) is 9.36 Å². The smallest absolute Gasteiger partial charge is 0.257 e. The van der Waals surface area contributed by atoms with Gasteiger partial charge in [0.2, 0.25) is 5.13 Å². The number of nitrogens with zero attached hydrogens (tertiary/aromatic N) is 2. The third kappa shape index (κ3) is 3.63. The van der Waals surface area contributed by atoms with Crippen LogP contribution in [0.1, 0.15) is 10.4 Å². The van der Waals surface area contributed by atoms with E-state index >= 15 is 0 Å². The molecule has 0 saturated carbocycles. The topological polar surface area (TPSA) is 54.9 Å². The lowest BCUT2D eigenvalue weighted by Gasteiger charge is -2.01. The van der Waals surface area contributed by atoms with Crippen molar-refractivity contribution in [3.8, 4) is 11.4 Å². The number of aromatic nitrogens is 2. The van der Waals surface area contributed by atoms with Gasteiger partial charge in [-0.1, -0.05) is 29.8 Å². The van der Waals surface area contributed by atoms with Crippen molar-refractivity contribution in [2.45, 2.75) is 0 Å². The van der Waals surface area contributed by atoms with Gasteiger partial charge in [0.1, 0.15) is 0 Å². The maximum Gasteiger partial charge on any atom is 0.257 e. The van der Waals surface area contributed by atoms with E-state index in [9.17, 15) is 4.79 Å². The molecule has 0 bridgehead atoms. The van der Waals surface area contributed by atoms with Crippen LogP contribution in [-0.4, -0.2) is 15.3 Å². The molecule has 0 aliphatic heterocycles. The summed E-state index contributed by atoms with van der Waals surface area (Å²) in [6.45, 7) is 0. The third-order valence-electron chi connectivity index (χ3n) is 2.82. The van der Waals surface area contributed by atoms with E-state index < -0.39 is 0 Å². The van der Waals surface area contributed by atoms with Crippen molar-refractivity contribution in [1.82, 2.24) is 9.36 Å². The largest absolute Gasteiger partial charge is 0.297 e. The lowest BCUT2D eigenvalue weighted by atomic mass is 10.2. The average Bonchev–Trinajstić information content (AvgIpc) is 2.96. The van der Waals surface area contributed by atoms with Crippen LogP contribution in [-0.2, 0) is 0 Å². The zero-order valence-corrected chi connectivity index (χ0v) is 14.8. The summed E-state index contributed by atoms with van der Waals surface area (Å²) in [6, 6.07) is 14.6. The monoisotopic (exact) mass is 441 g/mol. The minimum atomic E-state index is -0.202. The fourth-order valence-corrected chi connectivity index (χ4v) is 3.14. The van der Waals surface area contributed by atoms with Crippen molar-refractivity contribution in [1.29, 1.82) is 0 Å². The highest BCUT2D eigenvalue weighted by Gasteiger charge is 2.11. The molecular weight excluding hydrogens is 433 g/mol. The van der Waals surface area contributed by atoms with E-state index in [4.69, 9.17) is 11.6 Å². The summed E-state index contributed by atoms with van der Waals surface area (Å²) in [7, 11) is 0. The van der Waals surface area contributed by atoms with Crippen molar-refractivity contribution in [2.24, 2.45) is 0 Å². The van der Waals surface area contributed by atoms with Crippen LogP contribution in [0.15, 0.2) is 48.5 Å². The zero-order valence-electron chi connectivity index (χ0n) is 11.1. The third-order valence-corrected chi connectivity index (χ3v) is 4.35. The number of hydrogen-bond donors (Lipinski definition) is 1. The van der Waals surface area contributed by atoms with E-state index in [0.29, 0.717) is 21.5 Å². The Morgan fingerprint density at radius 1 is 1.18 bits per heavy atom. The summed E-state index contributed by atoms with van der Waals surface area (Å²) in [6.07, 6.45) is 0. The van der Waals surface area contributed by atoms with Gasteiger partial charge in [-0.15, -0.1) is 0 Å². The molecule has 1 amide bonds. The maximum atomic E-state index is 12.2. The molecule has 0 fully saturated rings. The lowest BCUT2D eigenvalue weighted by Crippen LogP contribution is -2.11. The van der Waals surface area contributed by atoms with Crippen LogP contribution in [0, 0.1) is 3.57 Å². The van der Waals surface area contributed by atoms with Crippen LogP contribution in [0.2, 0.25) is 5.02 Å². The molecule has 3 rings (SSSR count). The minimum Gasteiger partial charge on any atom is -0.297 e. The van der Waals surface area contributed by atoms with Crippen molar-refractivity contribution >= 4 is 56.8 Å². The molecule has 2 aromatic carbocycles. The Kier molecular flexibility index (Phi) is 4.70. The van der Waals surface area contributed by atoms with Gasteiger partial charge in [-0.05, 0) is 52.9 Å². The summed E-state index contributed by atoms with van der Waals surface area (Å²) in [4.78, 5) is 16.5. The van der Waals surface area contributed by atoms with Crippen LogP contribution in [0.25, 0.3) is 11.4 Å². The van der Waals surface area contributed by atoms with Crippen LogP contribution in [0.3, 0.4) is 0 Å². The molecule has 3 aromatic rings. The molecule has 4 nitrogen and oxygen atoms in total.